The molecule has 19 heavy (non-hydrogen) atoms. The number of aliphatic imine (C=N–C) groups is 2. The lowest BCUT2D eigenvalue weighted by atomic mass is 9.90. The van der Waals surface area contributed by atoms with Crippen LogP contribution in [0.4, 0.5) is 0 Å². The minimum absolute atomic E-state index is 0.439. The predicted molar refractivity (Wildman–Crippen MR) is 86.6 cm³/mol. The molecule has 0 aromatic rings. The Hall–Kier alpha value is -0.660. The van der Waals surface area contributed by atoms with Crippen LogP contribution in [0.25, 0.3) is 0 Å². The van der Waals surface area contributed by atoms with Crippen LogP contribution in [0.15, 0.2) is 9.98 Å². The van der Waals surface area contributed by atoms with Gasteiger partial charge in [-0.1, -0.05) is 40.5 Å². The molecule has 1 saturated carbocycles. The summed E-state index contributed by atoms with van der Waals surface area (Å²) >= 11 is 0. The third-order valence-electron chi connectivity index (χ3n) is 3.66. The summed E-state index contributed by atoms with van der Waals surface area (Å²) in [5.74, 6) is 1.41. The Morgan fingerprint density at radius 3 is 2.26 bits per heavy atom. The summed E-state index contributed by atoms with van der Waals surface area (Å²) in [6.07, 6.45) is 9.44. The minimum Gasteiger partial charge on any atom is -0.292 e. The van der Waals surface area contributed by atoms with Crippen LogP contribution in [-0.2, 0) is 0 Å². The van der Waals surface area contributed by atoms with E-state index in [1.54, 1.807) is 0 Å². The van der Waals surface area contributed by atoms with Crippen LogP contribution >= 0.6 is 0 Å². The Balaban J connectivity index is 2.59. The highest BCUT2D eigenvalue weighted by Crippen LogP contribution is 2.24. The van der Waals surface area contributed by atoms with E-state index in [0.717, 1.165) is 12.8 Å². The first-order chi connectivity index (χ1) is 8.99. The van der Waals surface area contributed by atoms with Crippen LogP contribution in [0.2, 0.25) is 0 Å². The van der Waals surface area contributed by atoms with Gasteiger partial charge in [-0.25, -0.2) is 0 Å². The van der Waals surface area contributed by atoms with Crippen molar-refractivity contribution in [3.8, 4) is 0 Å². The molecule has 1 fully saturated rings. The molecule has 0 amide bonds. The molecule has 2 unspecified atom stereocenters. The third-order valence-corrected chi connectivity index (χ3v) is 3.66. The van der Waals surface area contributed by atoms with Gasteiger partial charge in [0.15, 0.2) is 0 Å². The summed E-state index contributed by atoms with van der Waals surface area (Å²) in [6.45, 7) is 11.2. The van der Waals surface area contributed by atoms with Gasteiger partial charge in [-0.2, -0.15) is 0 Å². The quantitative estimate of drug-likeness (QED) is 0.608. The molecule has 1 aliphatic carbocycles. The van der Waals surface area contributed by atoms with Crippen molar-refractivity contribution in [3.05, 3.63) is 0 Å². The van der Waals surface area contributed by atoms with Crippen molar-refractivity contribution in [2.75, 3.05) is 0 Å². The van der Waals surface area contributed by atoms with Crippen molar-refractivity contribution in [2.45, 2.75) is 85.2 Å². The van der Waals surface area contributed by atoms with E-state index in [1.807, 2.05) is 0 Å². The topological polar surface area (TPSA) is 24.7 Å². The molecule has 1 rings (SSSR count). The van der Waals surface area contributed by atoms with E-state index in [0.29, 0.717) is 23.9 Å². The van der Waals surface area contributed by atoms with Gasteiger partial charge < -0.3 is 0 Å². The fraction of sp³-hybridized carbons (Fsp3) is 0.882. The summed E-state index contributed by atoms with van der Waals surface area (Å²) in [6, 6.07) is 0.880. The van der Waals surface area contributed by atoms with Crippen LogP contribution in [0.5, 0.6) is 0 Å². The van der Waals surface area contributed by atoms with Crippen molar-refractivity contribution in [3.63, 3.8) is 0 Å². The van der Waals surface area contributed by atoms with Crippen molar-refractivity contribution in [1.29, 1.82) is 0 Å². The molecule has 0 bridgehead atoms. The van der Waals surface area contributed by atoms with E-state index in [1.165, 1.54) is 31.4 Å². The van der Waals surface area contributed by atoms with Gasteiger partial charge in [0.2, 0.25) is 0 Å². The second-order valence-electron chi connectivity index (χ2n) is 6.84. The van der Waals surface area contributed by atoms with Crippen molar-refractivity contribution in [2.24, 2.45) is 21.8 Å². The van der Waals surface area contributed by atoms with Crippen molar-refractivity contribution >= 4 is 11.9 Å². The first-order valence-electron chi connectivity index (χ1n) is 8.04. The monoisotopic (exact) mass is 264 g/mol. The van der Waals surface area contributed by atoms with Crippen molar-refractivity contribution in [1.82, 2.24) is 0 Å². The Morgan fingerprint density at radius 2 is 1.68 bits per heavy atom. The van der Waals surface area contributed by atoms with Gasteiger partial charge in [0.05, 0.1) is 12.1 Å². The summed E-state index contributed by atoms with van der Waals surface area (Å²) in [4.78, 5) is 9.76. The molecule has 0 aromatic carbocycles. The molecule has 0 heterocycles. The Kier molecular flexibility index (Phi) is 7.33. The maximum Gasteiger partial charge on any atom is 0.0722 e. The molecule has 2 atom stereocenters. The Labute approximate surface area is 119 Å². The van der Waals surface area contributed by atoms with Crippen molar-refractivity contribution < 1.29 is 0 Å². The largest absolute Gasteiger partial charge is 0.292 e. The molecule has 2 nitrogen and oxygen atoms in total. The van der Waals surface area contributed by atoms with E-state index >= 15 is 0 Å². The number of hydrogen-bond acceptors (Lipinski definition) is 2. The molecular weight excluding hydrogens is 232 g/mol. The highest BCUT2D eigenvalue weighted by atomic mass is 14.9. The van der Waals surface area contributed by atoms with Crippen LogP contribution in [0.1, 0.15) is 73.1 Å². The van der Waals surface area contributed by atoms with E-state index < -0.39 is 0 Å². The molecule has 0 aromatic heterocycles. The highest BCUT2D eigenvalue weighted by Gasteiger charge is 2.23. The minimum atomic E-state index is 0.439. The average Bonchev–Trinajstić information content (AvgIpc) is 2.29. The zero-order valence-electron chi connectivity index (χ0n) is 13.5. The smallest absolute Gasteiger partial charge is 0.0722 e. The summed E-state index contributed by atoms with van der Waals surface area (Å²) in [5, 5.41) is 0. The predicted octanol–water partition coefficient (Wildman–Crippen LogP) is 4.92. The second kappa shape index (κ2) is 8.50. The van der Waals surface area contributed by atoms with E-state index in [2.05, 4.69) is 40.8 Å². The van der Waals surface area contributed by atoms with Gasteiger partial charge in [0, 0.05) is 5.71 Å². The Bertz CT molecular complexity index is 302. The molecule has 110 valence electrons. The van der Waals surface area contributed by atoms with E-state index in [4.69, 9.17) is 9.98 Å². The van der Waals surface area contributed by atoms with Gasteiger partial charge in [-0.05, 0) is 50.7 Å². The summed E-state index contributed by atoms with van der Waals surface area (Å²) in [7, 11) is 0. The maximum absolute atomic E-state index is 4.96. The van der Waals surface area contributed by atoms with Crippen LogP contribution in [0, 0.1) is 11.8 Å². The third kappa shape index (κ3) is 6.89. The second-order valence-corrected chi connectivity index (χ2v) is 6.84. The fourth-order valence-corrected chi connectivity index (χ4v) is 2.75. The summed E-state index contributed by atoms with van der Waals surface area (Å²) < 4.78 is 0. The standard InChI is InChI=1S/C17H32N2/c1-13(2)10-11-18-16-8-6-7-9-17(16)19-15(5)12-14(3)4/h11,13-14,16-17H,6-10,12H2,1-5H3/b18-11-,19-15-. The molecular formula is C17H32N2. The van der Waals surface area contributed by atoms with Gasteiger partial charge in [0.1, 0.15) is 0 Å². The summed E-state index contributed by atoms with van der Waals surface area (Å²) in [5.41, 5.74) is 1.31. The first kappa shape index (κ1) is 16.4. The molecule has 0 N–H and O–H groups in total. The Morgan fingerprint density at radius 1 is 1.05 bits per heavy atom. The van der Waals surface area contributed by atoms with E-state index in [9.17, 15) is 0 Å². The SMILES string of the molecule is C/C(CC(C)C)=N/C1CCCCC1/N=C\CC(C)C. The van der Waals surface area contributed by atoms with Crippen LogP contribution in [-0.4, -0.2) is 24.0 Å². The molecule has 2 heteroatoms. The molecule has 0 saturated heterocycles. The fourth-order valence-electron chi connectivity index (χ4n) is 2.75. The number of hydrogen-bond donors (Lipinski definition) is 0. The average molecular weight is 264 g/mol. The zero-order valence-corrected chi connectivity index (χ0v) is 13.5. The molecule has 0 radical (unpaired) electrons. The maximum atomic E-state index is 4.96. The molecule has 0 spiro atoms. The molecule has 1 aliphatic rings. The lowest BCUT2D eigenvalue weighted by Gasteiger charge is -2.26. The van der Waals surface area contributed by atoms with Crippen LogP contribution < -0.4 is 0 Å². The van der Waals surface area contributed by atoms with Gasteiger partial charge in [-0.3, -0.25) is 9.98 Å². The van der Waals surface area contributed by atoms with Gasteiger partial charge in [-0.15, -0.1) is 0 Å². The lowest BCUT2D eigenvalue weighted by Crippen LogP contribution is -2.28. The van der Waals surface area contributed by atoms with Gasteiger partial charge in [0.25, 0.3) is 0 Å². The van der Waals surface area contributed by atoms with E-state index in [-0.39, 0.29) is 0 Å². The number of rotatable bonds is 6. The van der Waals surface area contributed by atoms with Gasteiger partial charge >= 0.3 is 0 Å². The zero-order chi connectivity index (χ0) is 14.3. The number of nitrogens with zero attached hydrogens (tertiary/aromatic N) is 2. The lowest BCUT2D eigenvalue weighted by molar-refractivity contribution is 0.387. The van der Waals surface area contributed by atoms with Crippen LogP contribution in [0.3, 0.4) is 0 Å². The highest BCUT2D eigenvalue weighted by molar-refractivity contribution is 5.82. The molecule has 0 aliphatic heterocycles. The normalized spacial score (nSPS) is 25.7. The first-order valence-corrected chi connectivity index (χ1v) is 8.04.